The number of hydrogen-bond donors (Lipinski definition) is 0. The van der Waals surface area contributed by atoms with Crippen molar-refractivity contribution >= 4 is 0 Å². The van der Waals surface area contributed by atoms with Crippen LogP contribution in [0.5, 0.6) is 5.75 Å². The van der Waals surface area contributed by atoms with Crippen LogP contribution in [0.2, 0.25) is 0 Å². The topological polar surface area (TPSA) is 12.5 Å². The molecule has 1 aliphatic carbocycles. The lowest BCUT2D eigenvalue weighted by Gasteiger charge is -2.32. The second-order valence-corrected chi connectivity index (χ2v) is 6.14. The van der Waals surface area contributed by atoms with E-state index < -0.39 is 0 Å². The Hall–Kier alpha value is -1.09. The van der Waals surface area contributed by atoms with E-state index in [0.29, 0.717) is 18.1 Å². The van der Waals surface area contributed by atoms with Crippen LogP contribution in [0.3, 0.4) is 0 Å². The highest BCUT2D eigenvalue weighted by Crippen LogP contribution is 2.53. The van der Waals surface area contributed by atoms with Gasteiger partial charge in [0.05, 0.1) is 0 Å². The highest BCUT2D eigenvalue weighted by atomic mass is 19.1. The van der Waals surface area contributed by atoms with Crippen LogP contribution < -0.4 is 4.74 Å². The van der Waals surface area contributed by atoms with Gasteiger partial charge in [-0.1, -0.05) is 6.07 Å². The summed E-state index contributed by atoms with van der Waals surface area (Å²) < 4.78 is 18.8. The normalized spacial score (nSPS) is 29.1. The Balaban J connectivity index is 1.51. The van der Waals surface area contributed by atoms with E-state index in [4.69, 9.17) is 4.74 Å². The number of nitrogens with zero attached hydrogens (tertiary/aromatic N) is 1. The molecule has 1 spiro atoms. The van der Waals surface area contributed by atoms with E-state index in [2.05, 4.69) is 4.90 Å². The van der Waals surface area contributed by atoms with Gasteiger partial charge in [-0.05, 0) is 49.3 Å². The van der Waals surface area contributed by atoms with E-state index in [-0.39, 0.29) is 5.82 Å². The fraction of sp³-hybridized carbons (Fsp3) is 0.600. The summed E-state index contributed by atoms with van der Waals surface area (Å²) in [5.41, 5.74) is 1.83. The quantitative estimate of drug-likeness (QED) is 0.756. The van der Waals surface area contributed by atoms with E-state index >= 15 is 0 Å². The van der Waals surface area contributed by atoms with E-state index in [9.17, 15) is 4.39 Å². The first kappa shape index (κ1) is 10.8. The molecule has 1 saturated carbocycles. The highest BCUT2D eigenvalue weighted by Gasteiger charge is 2.49. The molecular weight excluding hydrogens is 229 g/mol. The number of rotatable bonds is 1. The van der Waals surface area contributed by atoms with Crippen LogP contribution in [0.1, 0.15) is 24.8 Å². The number of fused-ring (bicyclic) bond motifs is 1. The first-order valence-electron chi connectivity index (χ1n) is 6.89. The molecule has 0 amide bonds. The zero-order chi connectivity index (χ0) is 12.2. The molecule has 1 saturated heterocycles. The lowest BCUT2D eigenvalue weighted by molar-refractivity contribution is 0.137. The van der Waals surface area contributed by atoms with Crippen molar-refractivity contribution in [2.24, 2.45) is 5.41 Å². The number of likely N-dealkylation sites (tertiary alicyclic amines) is 1. The van der Waals surface area contributed by atoms with Crippen molar-refractivity contribution in [3.8, 4) is 5.75 Å². The molecule has 1 aromatic carbocycles. The first-order valence-corrected chi connectivity index (χ1v) is 6.89. The second kappa shape index (κ2) is 3.70. The molecule has 3 aliphatic rings. The molecule has 2 heterocycles. The number of halogens is 1. The van der Waals surface area contributed by atoms with Crippen molar-refractivity contribution in [1.82, 2.24) is 4.90 Å². The van der Waals surface area contributed by atoms with Gasteiger partial charge in [-0.3, -0.25) is 4.90 Å². The Bertz CT molecular complexity index is 483. The van der Waals surface area contributed by atoms with Gasteiger partial charge in [-0.15, -0.1) is 0 Å². The van der Waals surface area contributed by atoms with E-state index in [0.717, 1.165) is 17.7 Å². The molecular formula is C15H18FNO. The van der Waals surface area contributed by atoms with Crippen LogP contribution in [0.15, 0.2) is 18.2 Å². The Labute approximate surface area is 107 Å². The Morgan fingerprint density at radius 3 is 2.94 bits per heavy atom. The Morgan fingerprint density at radius 2 is 2.17 bits per heavy atom. The van der Waals surface area contributed by atoms with Crippen molar-refractivity contribution in [2.45, 2.75) is 31.7 Å². The lowest BCUT2D eigenvalue weighted by atomic mass is 10.0. The Morgan fingerprint density at radius 1 is 1.28 bits per heavy atom. The maximum absolute atomic E-state index is 13.1. The van der Waals surface area contributed by atoms with Crippen molar-refractivity contribution in [3.05, 3.63) is 29.6 Å². The number of ether oxygens (including phenoxy) is 1. The van der Waals surface area contributed by atoms with Crippen molar-refractivity contribution in [3.63, 3.8) is 0 Å². The van der Waals surface area contributed by atoms with Crippen LogP contribution in [0, 0.1) is 11.2 Å². The summed E-state index contributed by atoms with van der Waals surface area (Å²) in [4.78, 5) is 2.58. The molecule has 1 aromatic rings. The molecule has 0 N–H and O–H groups in total. The predicted molar refractivity (Wildman–Crippen MR) is 67.2 cm³/mol. The summed E-state index contributed by atoms with van der Waals surface area (Å²) in [5, 5.41) is 0. The maximum atomic E-state index is 13.1. The predicted octanol–water partition coefficient (Wildman–Crippen LogP) is 2.62. The van der Waals surface area contributed by atoms with Crippen LogP contribution in [0.4, 0.5) is 4.39 Å². The third-order valence-electron chi connectivity index (χ3n) is 4.86. The first-order chi connectivity index (χ1) is 8.74. The van der Waals surface area contributed by atoms with Gasteiger partial charge >= 0.3 is 0 Å². The summed E-state index contributed by atoms with van der Waals surface area (Å²) in [5.74, 6) is 0.539. The fourth-order valence-electron chi connectivity index (χ4n) is 3.43. The van der Waals surface area contributed by atoms with Gasteiger partial charge in [-0.25, -0.2) is 4.39 Å². The minimum absolute atomic E-state index is 0.203. The zero-order valence-electron chi connectivity index (χ0n) is 10.5. The minimum Gasteiger partial charge on any atom is -0.492 e. The smallest absolute Gasteiger partial charge is 0.126 e. The highest BCUT2D eigenvalue weighted by molar-refractivity contribution is 5.36. The molecule has 0 radical (unpaired) electrons. The minimum atomic E-state index is -0.203. The molecule has 18 heavy (non-hydrogen) atoms. The van der Waals surface area contributed by atoms with Gasteiger partial charge in [0.2, 0.25) is 0 Å². The van der Waals surface area contributed by atoms with Crippen LogP contribution >= 0.6 is 0 Å². The molecule has 1 unspecified atom stereocenters. The standard InChI is InChI=1S/C15H18FNO/c16-12-2-1-11-7-13(9-18-14(11)8-12)17-6-5-15(10-17)3-4-15/h1-2,8,13H,3-7,9-10H2. The van der Waals surface area contributed by atoms with Crippen LogP contribution in [0.25, 0.3) is 0 Å². The third-order valence-corrected chi connectivity index (χ3v) is 4.86. The summed E-state index contributed by atoms with van der Waals surface area (Å²) in [7, 11) is 0. The van der Waals surface area contributed by atoms with Gasteiger partial charge in [0.25, 0.3) is 0 Å². The van der Waals surface area contributed by atoms with Gasteiger partial charge in [0, 0.05) is 18.7 Å². The SMILES string of the molecule is Fc1ccc2c(c1)OCC(N1CCC3(CC3)C1)C2. The van der Waals surface area contributed by atoms with E-state index in [1.807, 2.05) is 6.07 Å². The molecule has 3 heteroatoms. The monoisotopic (exact) mass is 247 g/mol. The third kappa shape index (κ3) is 1.72. The van der Waals surface area contributed by atoms with Gasteiger partial charge in [0.1, 0.15) is 18.2 Å². The number of benzene rings is 1. The average molecular weight is 247 g/mol. The Kier molecular flexibility index (Phi) is 2.22. The fourth-order valence-corrected chi connectivity index (χ4v) is 3.43. The molecule has 4 rings (SSSR count). The van der Waals surface area contributed by atoms with Crippen LogP contribution in [-0.2, 0) is 6.42 Å². The molecule has 1 atom stereocenters. The number of hydrogen-bond acceptors (Lipinski definition) is 2. The molecule has 96 valence electrons. The molecule has 2 fully saturated rings. The summed E-state index contributed by atoms with van der Waals surface area (Å²) in [6.07, 6.45) is 5.20. The largest absolute Gasteiger partial charge is 0.492 e. The van der Waals surface area contributed by atoms with E-state index in [1.165, 1.54) is 44.5 Å². The summed E-state index contributed by atoms with van der Waals surface area (Å²) >= 11 is 0. The van der Waals surface area contributed by atoms with Gasteiger partial charge in [0.15, 0.2) is 0 Å². The average Bonchev–Trinajstić information content (AvgIpc) is 2.99. The van der Waals surface area contributed by atoms with Crippen LogP contribution in [-0.4, -0.2) is 30.6 Å². The second-order valence-electron chi connectivity index (χ2n) is 6.14. The molecule has 0 aromatic heterocycles. The van der Waals surface area contributed by atoms with Gasteiger partial charge < -0.3 is 4.74 Å². The molecule has 2 aliphatic heterocycles. The lowest BCUT2D eigenvalue weighted by Crippen LogP contribution is -2.42. The molecule has 0 bridgehead atoms. The van der Waals surface area contributed by atoms with Crippen molar-refractivity contribution < 1.29 is 9.13 Å². The van der Waals surface area contributed by atoms with Crippen molar-refractivity contribution in [2.75, 3.05) is 19.7 Å². The van der Waals surface area contributed by atoms with Gasteiger partial charge in [-0.2, -0.15) is 0 Å². The summed E-state index contributed by atoms with van der Waals surface area (Å²) in [6, 6.07) is 5.41. The summed E-state index contributed by atoms with van der Waals surface area (Å²) in [6.45, 7) is 3.18. The zero-order valence-corrected chi connectivity index (χ0v) is 10.5. The van der Waals surface area contributed by atoms with E-state index in [1.54, 1.807) is 0 Å². The maximum Gasteiger partial charge on any atom is 0.126 e. The molecule has 2 nitrogen and oxygen atoms in total. The van der Waals surface area contributed by atoms with Crippen molar-refractivity contribution in [1.29, 1.82) is 0 Å².